The maximum atomic E-state index is 10.0. The van der Waals surface area contributed by atoms with Crippen molar-refractivity contribution in [2.75, 3.05) is 20.1 Å². The number of likely N-dealkylation sites (N-methyl/N-ethyl adjacent to an activating group) is 1. The van der Waals surface area contributed by atoms with Gasteiger partial charge in [-0.1, -0.05) is 6.07 Å². The summed E-state index contributed by atoms with van der Waals surface area (Å²) >= 11 is 0. The van der Waals surface area contributed by atoms with Crippen LogP contribution in [-0.2, 0) is 6.42 Å². The minimum absolute atomic E-state index is 0.513. The number of aromatic nitrogens is 4. The lowest BCUT2D eigenvalue weighted by Crippen LogP contribution is -2.26. The van der Waals surface area contributed by atoms with Crippen LogP contribution in [0, 0.1) is 0 Å². The second-order valence-corrected chi connectivity index (χ2v) is 4.28. The topological polar surface area (TPSA) is 77.9 Å². The fourth-order valence-corrected chi connectivity index (χ4v) is 1.72. The minimum atomic E-state index is -0.513. The van der Waals surface area contributed by atoms with Gasteiger partial charge in [-0.2, -0.15) is 15.4 Å². The van der Waals surface area contributed by atoms with Crippen molar-refractivity contribution in [3.8, 4) is 0 Å². The molecule has 0 radical (unpaired) electrons. The Labute approximate surface area is 106 Å². The third-order valence-electron chi connectivity index (χ3n) is 2.77. The Morgan fingerprint density at radius 3 is 3.00 bits per heavy atom. The van der Waals surface area contributed by atoms with Crippen molar-refractivity contribution < 1.29 is 5.11 Å². The predicted octanol–water partition coefficient (Wildman–Crippen LogP) is 0.408. The van der Waals surface area contributed by atoms with Crippen LogP contribution in [0.25, 0.3) is 0 Å². The Morgan fingerprint density at radius 1 is 1.44 bits per heavy atom. The van der Waals surface area contributed by atoms with E-state index in [1.165, 1.54) is 0 Å². The highest BCUT2D eigenvalue weighted by atomic mass is 16.3. The molecule has 0 saturated carbocycles. The van der Waals surface area contributed by atoms with Crippen LogP contribution in [0.2, 0.25) is 0 Å². The van der Waals surface area contributed by atoms with Gasteiger partial charge in [-0.15, -0.1) is 0 Å². The molecule has 0 bridgehead atoms. The molecule has 18 heavy (non-hydrogen) atoms. The molecular formula is C12H17N5O. The largest absolute Gasteiger partial charge is 0.387 e. The van der Waals surface area contributed by atoms with Crippen molar-refractivity contribution in [1.29, 1.82) is 0 Å². The van der Waals surface area contributed by atoms with Crippen molar-refractivity contribution >= 4 is 0 Å². The fourth-order valence-electron chi connectivity index (χ4n) is 1.72. The molecule has 0 aliphatic carbocycles. The summed E-state index contributed by atoms with van der Waals surface area (Å²) in [4.78, 5) is 6.06. The first-order valence-electron chi connectivity index (χ1n) is 5.87. The molecule has 0 aliphatic heterocycles. The molecule has 96 valence electrons. The highest BCUT2D eigenvalue weighted by Gasteiger charge is 2.10. The van der Waals surface area contributed by atoms with E-state index in [0.29, 0.717) is 6.54 Å². The van der Waals surface area contributed by atoms with E-state index < -0.39 is 6.10 Å². The number of nitrogens with zero attached hydrogens (tertiary/aromatic N) is 4. The van der Waals surface area contributed by atoms with Crippen LogP contribution < -0.4 is 0 Å². The predicted molar refractivity (Wildman–Crippen MR) is 66.8 cm³/mol. The Balaban J connectivity index is 1.78. The Kier molecular flexibility index (Phi) is 4.38. The van der Waals surface area contributed by atoms with E-state index in [-0.39, 0.29) is 0 Å². The van der Waals surface area contributed by atoms with Crippen molar-refractivity contribution in [2.24, 2.45) is 0 Å². The van der Waals surface area contributed by atoms with Crippen LogP contribution >= 0.6 is 0 Å². The Morgan fingerprint density at radius 2 is 2.33 bits per heavy atom. The molecule has 6 nitrogen and oxygen atoms in total. The number of aromatic amines is 1. The molecule has 2 heterocycles. The molecule has 0 aromatic carbocycles. The molecule has 0 spiro atoms. The van der Waals surface area contributed by atoms with Gasteiger partial charge >= 0.3 is 0 Å². The normalized spacial score (nSPS) is 12.8. The second kappa shape index (κ2) is 6.23. The molecule has 2 aromatic rings. The smallest absolute Gasteiger partial charge is 0.0931 e. The molecule has 0 amide bonds. The van der Waals surface area contributed by atoms with Gasteiger partial charge in [0.2, 0.25) is 0 Å². The minimum Gasteiger partial charge on any atom is -0.387 e. The summed E-state index contributed by atoms with van der Waals surface area (Å²) in [7, 11) is 1.97. The molecule has 2 aromatic heterocycles. The summed E-state index contributed by atoms with van der Waals surface area (Å²) in [5.74, 6) is 0. The van der Waals surface area contributed by atoms with E-state index in [1.807, 2.05) is 19.2 Å². The lowest BCUT2D eigenvalue weighted by Gasteiger charge is -2.20. The molecule has 0 saturated heterocycles. The first-order chi connectivity index (χ1) is 8.75. The quantitative estimate of drug-likeness (QED) is 0.773. The first-order valence-corrected chi connectivity index (χ1v) is 5.87. The lowest BCUT2D eigenvalue weighted by atomic mass is 10.1. The SMILES string of the molecule is CN(CCc1cn[nH]n1)CC(O)c1cccnc1. The number of H-pyrrole nitrogens is 1. The number of hydrogen-bond donors (Lipinski definition) is 2. The zero-order chi connectivity index (χ0) is 12.8. The summed E-state index contributed by atoms with van der Waals surface area (Å²) in [5, 5.41) is 20.4. The molecule has 0 aliphatic rings. The van der Waals surface area contributed by atoms with Gasteiger partial charge in [0, 0.05) is 37.5 Å². The number of aliphatic hydroxyl groups excluding tert-OH is 1. The zero-order valence-electron chi connectivity index (χ0n) is 10.3. The number of nitrogens with one attached hydrogen (secondary N) is 1. The van der Waals surface area contributed by atoms with E-state index in [0.717, 1.165) is 24.2 Å². The molecule has 2 rings (SSSR count). The van der Waals surface area contributed by atoms with Crippen LogP contribution in [0.5, 0.6) is 0 Å². The fraction of sp³-hybridized carbons (Fsp3) is 0.417. The maximum absolute atomic E-state index is 10.0. The van der Waals surface area contributed by atoms with E-state index in [2.05, 4.69) is 25.3 Å². The number of rotatable bonds is 6. The molecular weight excluding hydrogens is 230 g/mol. The van der Waals surface area contributed by atoms with Crippen molar-refractivity contribution in [3.63, 3.8) is 0 Å². The van der Waals surface area contributed by atoms with Gasteiger partial charge < -0.3 is 10.0 Å². The van der Waals surface area contributed by atoms with E-state index >= 15 is 0 Å². The third-order valence-corrected chi connectivity index (χ3v) is 2.77. The lowest BCUT2D eigenvalue weighted by molar-refractivity contribution is 0.127. The summed E-state index contributed by atoms with van der Waals surface area (Å²) in [6.45, 7) is 1.40. The summed E-state index contributed by atoms with van der Waals surface area (Å²) in [5.41, 5.74) is 1.77. The zero-order valence-corrected chi connectivity index (χ0v) is 10.3. The van der Waals surface area contributed by atoms with Gasteiger partial charge in [-0.05, 0) is 13.1 Å². The van der Waals surface area contributed by atoms with Crippen LogP contribution in [0.15, 0.2) is 30.7 Å². The van der Waals surface area contributed by atoms with E-state index in [9.17, 15) is 5.11 Å². The van der Waals surface area contributed by atoms with Gasteiger partial charge in [0.1, 0.15) is 0 Å². The molecule has 1 atom stereocenters. The average Bonchev–Trinajstić information content (AvgIpc) is 2.90. The molecule has 1 unspecified atom stereocenters. The number of hydrogen-bond acceptors (Lipinski definition) is 5. The summed E-state index contributed by atoms with van der Waals surface area (Å²) < 4.78 is 0. The van der Waals surface area contributed by atoms with Crippen molar-refractivity contribution in [3.05, 3.63) is 42.0 Å². The van der Waals surface area contributed by atoms with Crippen LogP contribution in [0.3, 0.4) is 0 Å². The summed E-state index contributed by atoms with van der Waals surface area (Å²) in [6, 6.07) is 3.71. The Bertz CT molecular complexity index is 445. The number of aliphatic hydroxyl groups is 1. The van der Waals surface area contributed by atoms with Gasteiger partial charge in [-0.25, -0.2) is 0 Å². The van der Waals surface area contributed by atoms with Crippen LogP contribution in [0.1, 0.15) is 17.4 Å². The van der Waals surface area contributed by atoms with Gasteiger partial charge in [0.05, 0.1) is 18.0 Å². The highest BCUT2D eigenvalue weighted by Crippen LogP contribution is 2.11. The van der Waals surface area contributed by atoms with Crippen LogP contribution in [0.4, 0.5) is 0 Å². The molecule has 0 fully saturated rings. The maximum Gasteiger partial charge on any atom is 0.0931 e. The van der Waals surface area contributed by atoms with Crippen LogP contribution in [-0.4, -0.2) is 50.5 Å². The standard InChI is InChI=1S/C12H17N5O/c1-17(6-4-11-8-14-16-15-11)9-12(18)10-3-2-5-13-7-10/h2-3,5,7-8,12,18H,4,6,9H2,1H3,(H,14,15,16). The van der Waals surface area contributed by atoms with Crippen molar-refractivity contribution in [1.82, 2.24) is 25.3 Å². The van der Waals surface area contributed by atoms with Gasteiger partial charge in [-0.3, -0.25) is 4.98 Å². The van der Waals surface area contributed by atoms with Gasteiger partial charge in [0.15, 0.2) is 0 Å². The second-order valence-electron chi connectivity index (χ2n) is 4.28. The third kappa shape index (κ3) is 3.61. The monoisotopic (exact) mass is 247 g/mol. The summed E-state index contributed by atoms with van der Waals surface area (Å²) in [6.07, 6.45) is 5.40. The highest BCUT2D eigenvalue weighted by molar-refractivity contribution is 5.12. The van der Waals surface area contributed by atoms with Crippen molar-refractivity contribution in [2.45, 2.75) is 12.5 Å². The molecule has 6 heteroatoms. The Hall–Kier alpha value is -1.79. The molecule has 2 N–H and O–H groups in total. The first kappa shape index (κ1) is 12.7. The van der Waals surface area contributed by atoms with E-state index in [1.54, 1.807) is 18.6 Å². The average molecular weight is 247 g/mol. The van der Waals surface area contributed by atoms with Gasteiger partial charge in [0.25, 0.3) is 0 Å². The number of pyridine rings is 1. The van der Waals surface area contributed by atoms with E-state index in [4.69, 9.17) is 0 Å².